The van der Waals surface area contributed by atoms with Crippen LogP contribution in [0.15, 0.2) is 59.2 Å². The minimum Gasteiger partial charge on any atom is -0.400 e. The zero-order valence-corrected chi connectivity index (χ0v) is 13.7. The molecule has 0 heterocycles. The van der Waals surface area contributed by atoms with Gasteiger partial charge in [-0.2, -0.15) is 0 Å². The minimum atomic E-state index is 0.683. The average Bonchev–Trinajstić information content (AvgIpc) is 2.40. The lowest BCUT2D eigenvalue weighted by molar-refractivity contribution is 0.399. The van der Waals surface area contributed by atoms with Crippen molar-refractivity contribution in [1.82, 2.24) is 0 Å². The predicted octanol–water partition coefficient (Wildman–Crippen LogP) is 5.05. The molecule has 0 aliphatic rings. The van der Waals surface area contributed by atoms with Crippen LogP contribution in [0.5, 0.6) is 0 Å². The summed E-state index contributed by atoms with van der Waals surface area (Å²) in [4.78, 5) is 0. The van der Waals surface area contributed by atoms with Gasteiger partial charge in [-0.3, -0.25) is 0 Å². The lowest BCUT2D eigenvalue weighted by atomic mass is 10.0. The molecule has 0 atom stereocenters. The third kappa shape index (κ3) is 8.73. The summed E-state index contributed by atoms with van der Waals surface area (Å²) in [6.45, 7) is 10.1. The number of aliphatic hydroxyl groups excluding tert-OH is 1. The molecule has 0 aromatic heterocycles. The Morgan fingerprint density at radius 3 is 1.85 bits per heavy atom. The van der Waals surface area contributed by atoms with E-state index < -0.39 is 0 Å². The Bertz CT molecular complexity index is 463. The molecule has 1 aromatic carbocycles. The summed E-state index contributed by atoms with van der Waals surface area (Å²) in [7, 11) is 1.00. The van der Waals surface area contributed by atoms with Gasteiger partial charge < -0.3 is 5.11 Å². The summed E-state index contributed by atoms with van der Waals surface area (Å²) >= 11 is 5.80. The van der Waals surface area contributed by atoms with Gasteiger partial charge in [0.15, 0.2) is 0 Å². The number of hydrogen-bond donors (Lipinski definition) is 1. The summed E-state index contributed by atoms with van der Waals surface area (Å²) in [5.74, 6) is 0. The number of rotatable bonds is 5. The molecular weight excluding hydrogens is 268 g/mol. The van der Waals surface area contributed by atoms with E-state index in [2.05, 4.69) is 63.8 Å². The standard InChI is InChI=1S/C17H21Cl.CH4O/c1-13(2)5-6-14(3)11-16-7-9-17(10-8-16)12-15(4)18;1-2/h5-10H,4,11-12H2,1-3H3;2H,1H3/b14-6+;. The fourth-order valence-corrected chi connectivity index (χ4v) is 1.84. The maximum absolute atomic E-state index is 7.00. The summed E-state index contributed by atoms with van der Waals surface area (Å²) in [5, 5.41) is 7.68. The lowest BCUT2D eigenvalue weighted by Crippen LogP contribution is -1.89. The fraction of sp³-hybridized carbons (Fsp3) is 0.333. The van der Waals surface area contributed by atoms with Crippen LogP contribution in [0.3, 0.4) is 0 Å². The van der Waals surface area contributed by atoms with Gasteiger partial charge in [-0.25, -0.2) is 0 Å². The molecule has 0 fully saturated rings. The second-order valence-electron chi connectivity index (χ2n) is 4.94. The van der Waals surface area contributed by atoms with Crippen molar-refractivity contribution in [3.8, 4) is 0 Å². The molecule has 2 heteroatoms. The van der Waals surface area contributed by atoms with Crippen LogP contribution in [0.4, 0.5) is 0 Å². The van der Waals surface area contributed by atoms with E-state index in [0.29, 0.717) is 5.03 Å². The van der Waals surface area contributed by atoms with Crippen LogP contribution >= 0.6 is 11.6 Å². The average molecular weight is 293 g/mol. The molecule has 0 bridgehead atoms. The van der Waals surface area contributed by atoms with Crippen molar-refractivity contribution in [2.75, 3.05) is 7.11 Å². The SMILES string of the molecule is C=C(Cl)Cc1ccc(C/C(C)=C/C=C(C)C)cc1.CO. The lowest BCUT2D eigenvalue weighted by Gasteiger charge is -2.04. The fourth-order valence-electron chi connectivity index (χ4n) is 1.69. The van der Waals surface area contributed by atoms with E-state index in [1.807, 2.05) is 0 Å². The van der Waals surface area contributed by atoms with Gasteiger partial charge in [0, 0.05) is 18.6 Å². The second kappa shape index (κ2) is 10.5. The molecule has 0 saturated carbocycles. The van der Waals surface area contributed by atoms with Gasteiger partial charge in [0.2, 0.25) is 0 Å². The van der Waals surface area contributed by atoms with Crippen molar-refractivity contribution in [3.63, 3.8) is 0 Å². The molecular formula is C18H25ClO. The van der Waals surface area contributed by atoms with Gasteiger partial charge in [-0.05, 0) is 38.3 Å². The first kappa shape index (κ1) is 18.7. The van der Waals surface area contributed by atoms with E-state index in [9.17, 15) is 0 Å². The van der Waals surface area contributed by atoms with E-state index >= 15 is 0 Å². The molecule has 0 aliphatic carbocycles. The molecule has 110 valence electrons. The van der Waals surface area contributed by atoms with Crippen molar-refractivity contribution in [1.29, 1.82) is 0 Å². The van der Waals surface area contributed by atoms with Gasteiger partial charge in [-0.1, -0.05) is 65.7 Å². The van der Waals surface area contributed by atoms with Crippen LogP contribution in [-0.4, -0.2) is 12.2 Å². The molecule has 1 aromatic rings. The van der Waals surface area contributed by atoms with Crippen molar-refractivity contribution in [2.24, 2.45) is 0 Å². The Morgan fingerprint density at radius 2 is 1.45 bits per heavy atom. The maximum atomic E-state index is 7.00. The molecule has 0 unspecified atom stereocenters. The number of halogens is 1. The molecule has 0 spiro atoms. The predicted molar refractivity (Wildman–Crippen MR) is 90.2 cm³/mol. The van der Waals surface area contributed by atoms with Gasteiger partial charge in [0.05, 0.1) is 0 Å². The van der Waals surface area contributed by atoms with Crippen molar-refractivity contribution < 1.29 is 5.11 Å². The second-order valence-corrected chi connectivity index (χ2v) is 5.48. The quantitative estimate of drug-likeness (QED) is 0.753. The van der Waals surface area contributed by atoms with Crippen LogP contribution in [0, 0.1) is 0 Å². The summed E-state index contributed by atoms with van der Waals surface area (Å²) in [6, 6.07) is 8.57. The zero-order chi connectivity index (χ0) is 15.5. The van der Waals surface area contributed by atoms with Crippen LogP contribution < -0.4 is 0 Å². The van der Waals surface area contributed by atoms with Gasteiger partial charge in [-0.15, -0.1) is 0 Å². The van der Waals surface area contributed by atoms with Crippen LogP contribution in [-0.2, 0) is 12.8 Å². The molecule has 0 aliphatic heterocycles. The Hall–Kier alpha value is -1.31. The van der Waals surface area contributed by atoms with Crippen LogP contribution in [0.25, 0.3) is 0 Å². The first-order valence-electron chi connectivity index (χ1n) is 6.64. The molecule has 20 heavy (non-hydrogen) atoms. The monoisotopic (exact) mass is 292 g/mol. The van der Waals surface area contributed by atoms with E-state index in [0.717, 1.165) is 20.0 Å². The highest BCUT2D eigenvalue weighted by Gasteiger charge is 1.97. The highest BCUT2D eigenvalue weighted by molar-refractivity contribution is 6.29. The van der Waals surface area contributed by atoms with E-state index in [4.69, 9.17) is 16.7 Å². The Balaban J connectivity index is 0.00000172. The van der Waals surface area contributed by atoms with Crippen molar-refractivity contribution in [2.45, 2.75) is 33.6 Å². The molecule has 1 nitrogen and oxygen atoms in total. The van der Waals surface area contributed by atoms with Crippen molar-refractivity contribution in [3.05, 3.63) is 70.3 Å². The Morgan fingerprint density at radius 1 is 1.00 bits per heavy atom. The third-order valence-corrected chi connectivity index (χ3v) is 2.74. The Kier molecular flexibility index (Phi) is 9.79. The molecule has 1 rings (SSSR count). The van der Waals surface area contributed by atoms with Crippen molar-refractivity contribution >= 4 is 11.6 Å². The van der Waals surface area contributed by atoms with E-state index in [-0.39, 0.29) is 0 Å². The van der Waals surface area contributed by atoms with E-state index in [1.54, 1.807) is 0 Å². The Labute approximate surface area is 128 Å². The summed E-state index contributed by atoms with van der Waals surface area (Å²) < 4.78 is 0. The smallest absolute Gasteiger partial charge is 0.0319 e. The van der Waals surface area contributed by atoms with Crippen LogP contribution in [0.2, 0.25) is 0 Å². The maximum Gasteiger partial charge on any atom is 0.0319 e. The molecule has 0 saturated heterocycles. The minimum absolute atomic E-state index is 0.683. The van der Waals surface area contributed by atoms with Crippen LogP contribution in [0.1, 0.15) is 31.9 Å². The number of allylic oxidation sites excluding steroid dienone is 5. The molecule has 0 amide bonds. The summed E-state index contributed by atoms with van der Waals surface area (Å²) in [5.41, 5.74) is 5.23. The first-order valence-corrected chi connectivity index (χ1v) is 7.01. The number of aliphatic hydroxyl groups is 1. The number of hydrogen-bond acceptors (Lipinski definition) is 1. The topological polar surface area (TPSA) is 20.2 Å². The summed E-state index contributed by atoms with van der Waals surface area (Å²) in [6.07, 6.45) is 6.07. The third-order valence-electron chi connectivity index (χ3n) is 2.60. The van der Waals surface area contributed by atoms with Gasteiger partial charge in [0.1, 0.15) is 0 Å². The van der Waals surface area contributed by atoms with Gasteiger partial charge in [0.25, 0.3) is 0 Å². The molecule has 0 radical (unpaired) electrons. The van der Waals surface area contributed by atoms with E-state index in [1.165, 1.54) is 22.3 Å². The zero-order valence-electron chi connectivity index (χ0n) is 12.9. The normalized spacial score (nSPS) is 10.4. The van der Waals surface area contributed by atoms with Gasteiger partial charge >= 0.3 is 0 Å². The highest BCUT2D eigenvalue weighted by Crippen LogP contribution is 2.13. The highest BCUT2D eigenvalue weighted by atomic mass is 35.5. The first-order chi connectivity index (χ1) is 9.47. The number of benzene rings is 1. The largest absolute Gasteiger partial charge is 0.400 e. The molecule has 1 N–H and O–H groups in total.